The van der Waals surface area contributed by atoms with Gasteiger partial charge >= 0.3 is 0 Å². The van der Waals surface area contributed by atoms with Gasteiger partial charge in [0.25, 0.3) is 0 Å². The molecule has 1 saturated heterocycles. The van der Waals surface area contributed by atoms with Crippen LogP contribution < -0.4 is 5.32 Å². The quantitative estimate of drug-likeness (QED) is 0.759. The molecule has 2 aromatic rings. The first kappa shape index (κ1) is 17.8. The van der Waals surface area contributed by atoms with Crippen LogP contribution >= 0.6 is 23.2 Å². The van der Waals surface area contributed by atoms with Crippen molar-refractivity contribution in [3.63, 3.8) is 0 Å². The third kappa shape index (κ3) is 3.48. The zero-order valence-corrected chi connectivity index (χ0v) is 16.4. The minimum absolute atomic E-state index is 0.0610. The first-order chi connectivity index (χ1) is 12.6. The molecule has 0 atom stereocenters. The highest BCUT2D eigenvalue weighted by molar-refractivity contribution is 6.42. The Balaban J connectivity index is 1.70. The molecule has 0 radical (unpaired) electrons. The van der Waals surface area contributed by atoms with Crippen LogP contribution in [0.25, 0.3) is 0 Å². The summed E-state index contributed by atoms with van der Waals surface area (Å²) in [5, 5.41) is 4.81. The van der Waals surface area contributed by atoms with Gasteiger partial charge < -0.3 is 10.2 Å². The summed E-state index contributed by atoms with van der Waals surface area (Å²) in [6.45, 7) is 2.86. The van der Waals surface area contributed by atoms with Gasteiger partial charge in [-0.1, -0.05) is 53.5 Å². The normalized spacial score (nSPS) is 20.8. The summed E-state index contributed by atoms with van der Waals surface area (Å²) in [7, 11) is 2.19. The Kier molecular flexibility index (Phi) is 4.96. The van der Waals surface area contributed by atoms with Crippen LogP contribution in [0.5, 0.6) is 0 Å². The van der Waals surface area contributed by atoms with Gasteiger partial charge in [-0.3, -0.25) is 4.99 Å². The number of fused-ring (bicyclic) bond motifs is 1. The minimum atomic E-state index is 0.0610. The van der Waals surface area contributed by atoms with Crippen molar-refractivity contribution in [1.82, 2.24) is 4.90 Å². The van der Waals surface area contributed by atoms with Crippen LogP contribution in [0.3, 0.4) is 0 Å². The van der Waals surface area contributed by atoms with Gasteiger partial charge in [0, 0.05) is 11.1 Å². The number of anilines is 1. The third-order valence-electron chi connectivity index (χ3n) is 5.64. The van der Waals surface area contributed by atoms with Crippen molar-refractivity contribution in [3.05, 3.63) is 63.6 Å². The number of piperidine rings is 1. The van der Waals surface area contributed by atoms with Crippen LogP contribution in [-0.4, -0.2) is 30.9 Å². The molecule has 2 heterocycles. The lowest BCUT2D eigenvalue weighted by molar-refractivity contribution is 0.178. The van der Waals surface area contributed by atoms with Gasteiger partial charge in [-0.25, -0.2) is 0 Å². The predicted molar refractivity (Wildman–Crippen MR) is 111 cm³/mol. The second-order valence-corrected chi connectivity index (χ2v) is 8.27. The average Bonchev–Trinajstić information content (AvgIpc) is 2.65. The summed E-state index contributed by atoms with van der Waals surface area (Å²) in [6.07, 6.45) is 3.17. The molecule has 0 amide bonds. The van der Waals surface area contributed by atoms with E-state index in [4.69, 9.17) is 28.2 Å². The topological polar surface area (TPSA) is 27.6 Å². The van der Waals surface area contributed by atoms with Crippen LogP contribution in [0.1, 0.15) is 24.0 Å². The van der Waals surface area contributed by atoms with E-state index in [0.29, 0.717) is 16.6 Å². The van der Waals surface area contributed by atoms with Crippen molar-refractivity contribution in [2.75, 3.05) is 25.5 Å². The maximum atomic E-state index is 6.28. The summed E-state index contributed by atoms with van der Waals surface area (Å²) in [4.78, 5) is 7.41. The second-order valence-electron chi connectivity index (χ2n) is 7.46. The molecule has 0 unspecified atom stereocenters. The summed E-state index contributed by atoms with van der Waals surface area (Å²) < 4.78 is 0. The largest absolute Gasteiger partial charge is 0.343 e. The summed E-state index contributed by atoms with van der Waals surface area (Å²) in [5.74, 6) is 1.10. The number of hydrogen-bond acceptors (Lipinski definition) is 2. The fourth-order valence-electron chi connectivity index (χ4n) is 3.98. The molecule has 3 nitrogen and oxygen atoms in total. The standard InChI is InChI=1S/C21H23Cl2N3/c1-26-9-7-21(8-10-26)13-16-11-17(22)18(23)12-19(16)25-20(21)24-14-15-5-3-2-4-6-15/h2-6,11-12H,7-10,13-14H2,1H3,(H,24,25). The SMILES string of the molecule is CN1CCC2(CC1)Cc1cc(Cl)c(Cl)cc1NC2=NCc1ccccc1. The van der Waals surface area contributed by atoms with Gasteiger partial charge in [-0.15, -0.1) is 0 Å². The van der Waals surface area contributed by atoms with Gasteiger partial charge in [-0.2, -0.15) is 0 Å². The van der Waals surface area contributed by atoms with Crippen LogP contribution in [0.2, 0.25) is 10.0 Å². The molecular weight excluding hydrogens is 365 g/mol. The van der Waals surface area contributed by atoms with Gasteiger partial charge in [0.1, 0.15) is 5.84 Å². The minimum Gasteiger partial charge on any atom is -0.343 e. The fourth-order valence-corrected chi connectivity index (χ4v) is 4.33. The molecular formula is C21H23Cl2N3. The molecule has 2 aliphatic heterocycles. The fraction of sp³-hybridized carbons (Fsp3) is 0.381. The predicted octanol–water partition coefficient (Wildman–Crippen LogP) is 5.27. The highest BCUT2D eigenvalue weighted by Gasteiger charge is 2.42. The maximum absolute atomic E-state index is 6.28. The van der Waals surface area contributed by atoms with Crippen LogP contribution in [0, 0.1) is 5.41 Å². The molecule has 0 aliphatic carbocycles. The van der Waals surface area contributed by atoms with Crippen molar-refractivity contribution in [2.45, 2.75) is 25.8 Å². The monoisotopic (exact) mass is 387 g/mol. The van der Waals surface area contributed by atoms with Crippen molar-refractivity contribution >= 4 is 34.7 Å². The van der Waals surface area contributed by atoms with Crippen molar-refractivity contribution in [3.8, 4) is 0 Å². The first-order valence-corrected chi connectivity index (χ1v) is 9.84. The van der Waals surface area contributed by atoms with Gasteiger partial charge in [-0.05, 0) is 62.7 Å². The smallest absolute Gasteiger partial charge is 0.108 e. The summed E-state index contributed by atoms with van der Waals surface area (Å²) in [5.41, 5.74) is 3.56. The zero-order chi connectivity index (χ0) is 18.1. The summed E-state index contributed by atoms with van der Waals surface area (Å²) in [6, 6.07) is 14.4. The Bertz CT molecular complexity index is 825. The van der Waals surface area contributed by atoms with E-state index in [9.17, 15) is 0 Å². The Hall–Kier alpha value is -1.55. The molecule has 2 aliphatic rings. The van der Waals surface area contributed by atoms with Gasteiger partial charge in [0.15, 0.2) is 0 Å². The lowest BCUT2D eigenvalue weighted by Crippen LogP contribution is -2.49. The number of nitrogens with one attached hydrogen (secondary N) is 1. The van der Waals surface area contributed by atoms with Crippen LogP contribution in [0.15, 0.2) is 47.5 Å². The van der Waals surface area contributed by atoms with Crippen molar-refractivity contribution in [1.29, 1.82) is 0 Å². The van der Waals surface area contributed by atoms with E-state index in [2.05, 4.69) is 41.5 Å². The molecule has 1 fully saturated rings. The van der Waals surface area contributed by atoms with Crippen LogP contribution in [-0.2, 0) is 13.0 Å². The van der Waals surface area contributed by atoms with E-state index in [1.807, 2.05) is 18.2 Å². The first-order valence-electron chi connectivity index (χ1n) is 9.08. The van der Waals surface area contributed by atoms with Gasteiger partial charge in [0.05, 0.1) is 16.6 Å². The van der Waals surface area contributed by atoms with E-state index in [1.54, 1.807) is 0 Å². The van der Waals surface area contributed by atoms with Gasteiger partial charge in [0.2, 0.25) is 0 Å². The molecule has 26 heavy (non-hydrogen) atoms. The number of aliphatic imine (C=N–C) groups is 1. The Morgan fingerprint density at radius 2 is 1.77 bits per heavy atom. The number of likely N-dealkylation sites (tertiary alicyclic amines) is 1. The van der Waals surface area contributed by atoms with E-state index in [-0.39, 0.29) is 5.41 Å². The highest BCUT2D eigenvalue weighted by atomic mass is 35.5. The number of benzene rings is 2. The lowest BCUT2D eigenvalue weighted by atomic mass is 9.70. The molecule has 0 bridgehead atoms. The highest BCUT2D eigenvalue weighted by Crippen LogP contribution is 2.44. The van der Waals surface area contributed by atoms with Crippen molar-refractivity contribution < 1.29 is 0 Å². The molecule has 0 aromatic heterocycles. The average molecular weight is 388 g/mol. The van der Waals surface area contributed by atoms with E-state index in [1.165, 1.54) is 11.1 Å². The molecule has 4 rings (SSSR count). The Labute approximate surface area is 165 Å². The summed E-state index contributed by atoms with van der Waals surface area (Å²) >= 11 is 12.5. The number of halogens is 2. The zero-order valence-electron chi connectivity index (χ0n) is 14.9. The van der Waals surface area contributed by atoms with E-state index < -0.39 is 0 Å². The second kappa shape index (κ2) is 7.22. The van der Waals surface area contributed by atoms with Crippen molar-refractivity contribution in [2.24, 2.45) is 10.4 Å². The molecule has 1 N–H and O–H groups in total. The number of hydrogen-bond donors (Lipinski definition) is 1. The maximum Gasteiger partial charge on any atom is 0.108 e. The number of nitrogens with zero attached hydrogens (tertiary/aromatic N) is 2. The Morgan fingerprint density at radius 3 is 2.50 bits per heavy atom. The third-order valence-corrected chi connectivity index (χ3v) is 6.36. The van der Waals surface area contributed by atoms with E-state index in [0.717, 1.165) is 43.9 Å². The number of rotatable bonds is 2. The molecule has 5 heteroatoms. The molecule has 136 valence electrons. The number of amidine groups is 1. The van der Waals surface area contributed by atoms with Crippen LogP contribution in [0.4, 0.5) is 5.69 Å². The molecule has 1 spiro atoms. The Morgan fingerprint density at radius 1 is 1.08 bits per heavy atom. The molecule has 0 saturated carbocycles. The molecule has 2 aromatic carbocycles. The van der Waals surface area contributed by atoms with E-state index >= 15 is 0 Å². The lowest BCUT2D eigenvalue weighted by Gasteiger charge is -2.45.